The first kappa shape index (κ1) is 14.9. The van der Waals surface area contributed by atoms with Gasteiger partial charge in [-0.05, 0) is 55.3 Å². The van der Waals surface area contributed by atoms with Crippen molar-refractivity contribution in [3.8, 4) is 0 Å². The molecule has 0 bridgehead atoms. The monoisotopic (exact) mass is 283 g/mol. The van der Waals surface area contributed by atoms with Gasteiger partial charge in [-0.25, -0.2) is 0 Å². The molecule has 0 saturated heterocycles. The van der Waals surface area contributed by atoms with Crippen LogP contribution >= 0.6 is 0 Å². The second-order valence-electron chi connectivity index (χ2n) is 5.42. The highest BCUT2D eigenvalue weighted by Gasteiger charge is 2.10. The second-order valence-corrected chi connectivity index (χ2v) is 5.42. The molecule has 2 aromatic carbocycles. The summed E-state index contributed by atoms with van der Waals surface area (Å²) in [5.74, 6) is -0.119. The van der Waals surface area contributed by atoms with Crippen molar-refractivity contribution in [3.05, 3.63) is 53.1 Å². The molecule has 2 aromatic rings. The maximum Gasteiger partial charge on any atom is 0.255 e. The van der Waals surface area contributed by atoms with E-state index in [1.165, 1.54) is 0 Å². The number of carbonyl (C=O) groups excluding carboxylic acids is 1. The maximum absolute atomic E-state index is 12.4. The molecular weight excluding hydrogens is 262 g/mol. The number of carbonyl (C=O) groups is 1. The molecule has 0 spiro atoms. The second kappa shape index (κ2) is 5.87. The van der Waals surface area contributed by atoms with Crippen LogP contribution in [0.4, 0.5) is 17.1 Å². The van der Waals surface area contributed by atoms with Crippen LogP contribution in [0.2, 0.25) is 0 Å². The van der Waals surface area contributed by atoms with Crippen molar-refractivity contribution in [1.29, 1.82) is 0 Å². The Morgan fingerprint density at radius 1 is 1.10 bits per heavy atom. The first-order chi connectivity index (χ1) is 9.88. The molecule has 0 fully saturated rings. The third kappa shape index (κ3) is 3.34. The van der Waals surface area contributed by atoms with Gasteiger partial charge in [-0.15, -0.1) is 0 Å². The molecule has 110 valence electrons. The largest absolute Gasteiger partial charge is 0.399 e. The van der Waals surface area contributed by atoms with E-state index in [2.05, 4.69) is 5.32 Å². The quantitative estimate of drug-likeness (QED) is 0.850. The molecule has 0 aliphatic rings. The minimum absolute atomic E-state index is 0.119. The third-order valence-corrected chi connectivity index (χ3v) is 3.49. The third-order valence-electron chi connectivity index (χ3n) is 3.49. The van der Waals surface area contributed by atoms with Crippen LogP contribution in [0.5, 0.6) is 0 Å². The van der Waals surface area contributed by atoms with Crippen molar-refractivity contribution in [2.45, 2.75) is 13.8 Å². The highest BCUT2D eigenvalue weighted by Crippen LogP contribution is 2.23. The Hall–Kier alpha value is -2.49. The molecule has 0 aromatic heterocycles. The van der Waals surface area contributed by atoms with Gasteiger partial charge < -0.3 is 16.0 Å². The summed E-state index contributed by atoms with van der Waals surface area (Å²) in [5, 5.41) is 2.95. The van der Waals surface area contributed by atoms with Gasteiger partial charge in [0.1, 0.15) is 0 Å². The van der Waals surface area contributed by atoms with Crippen molar-refractivity contribution < 1.29 is 4.79 Å². The molecule has 0 aliphatic heterocycles. The van der Waals surface area contributed by atoms with E-state index in [0.717, 1.165) is 28.2 Å². The number of nitrogens with one attached hydrogen (secondary N) is 1. The number of nitrogens with zero attached hydrogens (tertiary/aromatic N) is 1. The fourth-order valence-electron chi connectivity index (χ4n) is 2.09. The average molecular weight is 283 g/mol. The van der Waals surface area contributed by atoms with Gasteiger partial charge in [0.05, 0.1) is 0 Å². The predicted octanol–water partition coefficient (Wildman–Crippen LogP) is 3.20. The Labute approximate surface area is 125 Å². The van der Waals surface area contributed by atoms with Crippen molar-refractivity contribution >= 4 is 23.0 Å². The SMILES string of the molecule is Cc1cc(NC(=O)c2cccc(N(C)C)c2)c(C)cc1N. The van der Waals surface area contributed by atoms with Gasteiger partial charge in [0.2, 0.25) is 0 Å². The van der Waals surface area contributed by atoms with Gasteiger partial charge in [0.15, 0.2) is 0 Å². The van der Waals surface area contributed by atoms with Crippen molar-refractivity contribution in [2.75, 3.05) is 30.0 Å². The van der Waals surface area contributed by atoms with Crippen molar-refractivity contribution in [1.82, 2.24) is 0 Å². The Balaban J connectivity index is 2.26. The molecule has 2 rings (SSSR count). The Morgan fingerprint density at radius 2 is 1.81 bits per heavy atom. The lowest BCUT2D eigenvalue weighted by molar-refractivity contribution is 0.102. The zero-order chi connectivity index (χ0) is 15.6. The van der Waals surface area contributed by atoms with Crippen LogP contribution in [0, 0.1) is 13.8 Å². The average Bonchev–Trinajstić information content (AvgIpc) is 2.44. The molecule has 21 heavy (non-hydrogen) atoms. The van der Waals surface area contributed by atoms with Crippen LogP contribution in [-0.4, -0.2) is 20.0 Å². The molecule has 3 N–H and O–H groups in total. The van der Waals surface area contributed by atoms with Gasteiger partial charge in [0, 0.05) is 36.7 Å². The Bertz CT molecular complexity index is 678. The summed E-state index contributed by atoms with van der Waals surface area (Å²) < 4.78 is 0. The van der Waals surface area contributed by atoms with Gasteiger partial charge in [0.25, 0.3) is 5.91 Å². The van der Waals surface area contributed by atoms with Gasteiger partial charge in [-0.3, -0.25) is 4.79 Å². The predicted molar refractivity (Wildman–Crippen MR) is 89.1 cm³/mol. The molecule has 4 heteroatoms. The van der Waals surface area contributed by atoms with Crippen molar-refractivity contribution in [2.24, 2.45) is 0 Å². The van der Waals surface area contributed by atoms with Gasteiger partial charge in [-0.1, -0.05) is 6.07 Å². The number of anilines is 3. The van der Waals surface area contributed by atoms with Crippen LogP contribution < -0.4 is 16.0 Å². The van der Waals surface area contributed by atoms with Crippen LogP contribution in [0.3, 0.4) is 0 Å². The normalized spacial score (nSPS) is 10.3. The molecule has 0 heterocycles. The number of nitrogens with two attached hydrogens (primary N) is 1. The molecule has 0 saturated carbocycles. The summed E-state index contributed by atoms with van der Waals surface area (Å²) in [6.07, 6.45) is 0. The van der Waals surface area contributed by atoms with Gasteiger partial charge >= 0.3 is 0 Å². The Kier molecular flexibility index (Phi) is 4.17. The molecule has 0 radical (unpaired) electrons. The number of rotatable bonds is 3. The van der Waals surface area contributed by atoms with E-state index in [4.69, 9.17) is 5.73 Å². The lowest BCUT2D eigenvalue weighted by atomic mass is 10.1. The van der Waals surface area contributed by atoms with E-state index in [-0.39, 0.29) is 5.91 Å². The van der Waals surface area contributed by atoms with E-state index in [1.54, 1.807) is 0 Å². The summed E-state index contributed by atoms with van der Waals surface area (Å²) in [5.41, 5.74) is 10.9. The van der Waals surface area contributed by atoms with Crippen LogP contribution in [0.25, 0.3) is 0 Å². The first-order valence-corrected chi connectivity index (χ1v) is 6.84. The fraction of sp³-hybridized carbons (Fsp3) is 0.235. The fourth-order valence-corrected chi connectivity index (χ4v) is 2.09. The van der Waals surface area contributed by atoms with Crippen LogP contribution in [0.1, 0.15) is 21.5 Å². The maximum atomic E-state index is 12.4. The summed E-state index contributed by atoms with van der Waals surface area (Å²) in [4.78, 5) is 14.3. The summed E-state index contributed by atoms with van der Waals surface area (Å²) in [6.45, 7) is 3.86. The summed E-state index contributed by atoms with van der Waals surface area (Å²) in [6, 6.07) is 11.3. The smallest absolute Gasteiger partial charge is 0.255 e. The van der Waals surface area contributed by atoms with Crippen molar-refractivity contribution in [3.63, 3.8) is 0 Å². The first-order valence-electron chi connectivity index (χ1n) is 6.84. The summed E-state index contributed by atoms with van der Waals surface area (Å²) >= 11 is 0. The number of benzene rings is 2. The highest BCUT2D eigenvalue weighted by atomic mass is 16.1. The van der Waals surface area contributed by atoms with Crippen LogP contribution in [0.15, 0.2) is 36.4 Å². The highest BCUT2D eigenvalue weighted by molar-refractivity contribution is 6.05. The number of hydrogen-bond donors (Lipinski definition) is 2. The number of nitrogen functional groups attached to an aromatic ring is 1. The van der Waals surface area contributed by atoms with E-state index >= 15 is 0 Å². The Morgan fingerprint density at radius 3 is 2.48 bits per heavy atom. The number of hydrogen-bond acceptors (Lipinski definition) is 3. The number of amides is 1. The molecule has 0 unspecified atom stereocenters. The van der Waals surface area contributed by atoms with E-state index in [9.17, 15) is 4.79 Å². The standard InChI is InChI=1S/C17H21N3O/c1-11-9-16(12(2)8-15(11)18)19-17(21)13-6-5-7-14(10-13)20(3)4/h5-10H,18H2,1-4H3,(H,19,21). The lowest BCUT2D eigenvalue weighted by Crippen LogP contribution is -2.15. The van der Waals surface area contributed by atoms with Gasteiger partial charge in [-0.2, -0.15) is 0 Å². The minimum Gasteiger partial charge on any atom is -0.399 e. The van der Waals surface area contributed by atoms with E-state index in [1.807, 2.05) is 69.2 Å². The molecule has 4 nitrogen and oxygen atoms in total. The van der Waals surface area contributed by atoms with E-state index < -0.39 is 0 Å². The lowest BCUT2D eigenvalue weighted by Gasteiger charge is -2.14. The molecule has 1 amide bonds. The minimum atomic E-state index is -0.119. The molecular formula is C17H21N3O. The number of aryl methyl sites for hydroxylation is 2. The van der Waals surface area contributed by atoms with E-state index in [0.29, 0.717) is 5.56 Å². The molecule has 0 aliphatic carbocycles. The zero-order valence-corrected chi connectivity index (χ0v) is 12.9. The zero-order valence-electron chi connectivity index (χ0n) is 12.9. The van der Waals surface area contributed by atoms with Crippen LogP contribution in [-0.2, 0) is 0 Å². The molecule has 0 atom stereocenters. The topological polar surface area (TPSA) is 58.4 Å². The summed E-state index contributed by atoms with van der Waals surface area (Å²) in [7, 11) is 3.90.